The molecule has 0 unspecified atom stereocenters. The number of rotatable bonds is 7. The Morgan fingerprint density at radius 3 is 2.50 bits per heavy atom. The molecule has 0 heterocycles. The number of methoxy groups -OCH3 is 2. The van der Waals surface area contributed by atoms with E-state index in [1.165, 1.54) is 14.2 Å². The monoisotopic (exact) mass is 280 g/mol. The highest BCUT2D eigenvalue weighted by Gasteiger charge is 2.14. The van der Waals surface area contributed by atoms with Crippen LogP contribution < -0.4 is 20.1 Å². The second-order valence-electron chi connectivity index (χ2n) is 4.10. The molecule has 0 aromatic heterocycles. The van der Waals surface area contributed by atoms with E-state index in [1.54, 1.807) is 18.2 Å². The maximum absolute atomic E-state index is 12.0. The highest BCUT2D eigenvalue weighted by molar-refractivity contribution is 5.99. The number of hydrogen-bond acceptors (Lipinski definition) is 4. The first-order valence-electron chi connectivity index (χ1n) is 6.39. The first-order valence-corrected chi connectivity index (χ1v) is 6.39. The summed E-state index contributed by atoms with van der Waals surface area (Å²) in [6.45, 7) is 2.48. The maximum atomic E-state index is 12.0. The Labute approximate surface area is 118 Å². The molecule has 1 aromatic carbocycles. The molecule has 6 nitrogen and oxygen atoms in total. The molecule has 2 amide bonds. The molecule has 0 aliphatic carbocycles. The Hall–Kier alpha value is -2.24. The van der Waals surface area contributed by atoms with Crippen LogP contribution in [0, 0.1) is 0 Å². The molecular formula is C14H20N2O4. The number of amides is 2. The van der Waals surface area contributed by atoms with Crippen LogP contribution in [-0.2, 0) is 4.79 Å². The summed E-state index contributed by atoms with van der Waals surface area (Å²) in [5.74, 6) is 0.373. The van der Waals surface area contributed by atoms with Crippen LogP contribution in [0.4, 0.5) is 0 Å². The summed E-state index contributed by atoms with van der Waals surface area (Å²) in [5, 5.41) is 5.23. The van der Waals surface area contributed by atoms with Crippen LogP contribution in [0.15, 0.2) is 18.2 Å². The fourth-order valence-corrected chi connectivity index (χ4v) is 1.57. The molecule has 0 aliphatic rings. The van der Waals surface area contributed by atoms with Gasteiger partial charge in [0.1, 0.15) is 11.5 Å². The molecule has 0 bridgehead atoms. The van der Waals surface area contributed by atoms with Crippen molar-refractivity contribution >= 4 is 11.8 Å². The molecule has 0 fully saturated rings. The summed E-state index contributed by atoms with van der Waals surface area (Å²) in [7, 11) is 2.99. The van der Waals surface area contributed by atoms with Gasteiger partial charge in [-0.25, -0.2) is 0 Å². The van der Waals surface area contributed by atoms with Gasteiger partial charge in [0.15, 0.2) is 0 Å². The van der Waals surface area contributed by atoms with E-state index in [9.17, 15) is 9.59 Å². The van der Waals surface area contributed by atoms with Crippen LogP contribution in [0.2, 0.25) is 0 Å². The van der Waals surface area contributed by atoms with E-state index in [4.69, 9.17) is 9.47 Å². The lowest BCUT2D eigenvalue weighted by molar-refractivity contribution is -0.120. The summed E-state index contributed by atoms with van der Waals surface area (Å²) in [4.78, 5) is 23.5. The Kier molecular flexibility index (Phi) is 6.36. The van der Waals surface area contributed by atoms with Gasteiger partial charge in [0.05, 0.1) is 26.3 Å². The van der Waals surface area contributed by atoms with Crippen molar-refractivity contribution < 1.29 is 19.1 Å². The molecular weight excluding hydrogens is 260 g/mol. The summed E-state index contributed by atoms with van der Waals surface area (Å²) in [6, 6.07) is 4.91. The molecule has 0 spiro atoms. The minimum absolute atomic E-state index is 0.0702. The average molecular weight is 280 g/mol. The minimum atomic E-state index is -0.382. The first kappa shape index (κ1) is 15.8. The van der Waals surface area contributed by atoms with Crippen LogP contribution >= 0.6 is 0 Å². The van der Waals surface area contributed by atoms with Crippen molar-refractivity contribution in [1.29, 1.82) is 0 Å². The zero-order valence-electron chi connectivity index (χ0n) is 12.0. The SMILES string of the molecule is CCCNC(=O)CNC(=O)c1cc(OC)ccc1OC. The van der Waals surface area contributed by atoms with E-state index in [-0.39, 0.29) is 18.4 Å². The van der Waals surface area contributed by atoms with Gasteiger partial charge in [-0.3, -0.25) is 9.59 Å². The average Bonchev–Trinajstić information content (AvgIpc) is 2.49. The topological polar surface area (TPSA) is 76.7 Å². The lowest BCUT2D eigenvalue weighted by Gasteiger charge is -2.11. The highest BCUT2D eigenvalue weighted by Crippen LogP contribution is 2.23. The predicted octanol–water partition coefficient (Wildman–Crippen LogP) is 0.960. The van der Waals surface area contributed by atoms with Gasteiger partial charge in [-0.05, 0) is 24.6 Å². The van der Waals surface area contributed by atoms with Crippen molar-refractivity contribution in [3.8, 4) is 11.5 Å². The lowest BCUT2D eigenvalue weighted by atomic mass is 10.1. The number of nitrogens with one attached hydrogen (secondary N) is 2. The number of carbonyl (C=O) groups excluding carboxylic acids is 2. The third kappa shape index (κ3) is 4.46. The molecule has 0 saturated carbocycles. The maximum Gasteiger partial charge on any atom is 0.255 e. The fourth-order valence-electron chi connectivity index (χ4n) is 1.57. The van der Waals surface area contributed by atoms with E-state index < -0.39 is 0 Å². The second-order valence-corrected chi connectivity index (χ2v) is 4.10. The Bertz CT molecular complexity index is 474. The first-order chi connectivity index (χ1) is 9.62. The zero-order valence-corrected chi connectivity index (χ0v) is 12.0. The van der Waals surface area contributed by atoms with Crippen molar-refractivity contribution in [3.05, 3.63) is 23.8 Å². The van der Waals surface area contributed by atoms with Crippen molar-refractivity contribution in [2.45, 2.75) is 13.3 Å². The number of carbonyl (C=O) groups is 2. The minimum Gasteiger partial charge on any atom is -0.497 e. The van der Waals surface area contributed by atoms with Gasteiger partial charge in [0, 0.05) is 6.54 Å². The van der Waals surface area contributed by atoms with E-state index >= 15 is 0 Å². The van der Waals surface area contributed by atoms with Gasteiger partial charge in [-0.15, -0.1) is 0 Å². The lowest BCUT2D eigenvalue weighted by Crippen LogP contribution is -2.37. The van der Waals surface area contributed by atoms with E-state index in [1.807, 2.05) is 6.92 Å². The van der Waals surface area contributed by atoms with Crippen LogP contribution in [-0.4, -0.2) is 39.1 Å². The smallest absolute Gasteiger partial charge is 0.255 e. The van der Waals surface area contributed by atoms with Crippen molar-refractivity contribution in [2.24, 2.45) is 0 Å². The highest BCUT2D eigenvalue weighted by atomic mass is 16.5. The van der Waals surface area contributed by atoms with Crippen molar-refractivity contribution in [1.82, 2.24) is 10.6 Å². The largest absolute Gasteiger partial charge is 0.497 e. The van der Waals surface area contributed by atoms with Gasteiger partial charge in [-0.2, -0.15) is 0 Å². The third-order valence-electron chi connectivity index (χ3n) is 2.63. The summed E-state index contributed by atoms with van der Waals surface area (Å²) < 4.78 is 10.2. The summed E-state index contributed by atoms with van der Waals surface area (Å²) >= 11 is 0. The Balaban J connectivity index is 2.69. The molecule has 0 saturated heterocycles. The number of benzene rings is 1. The fraction of sp³-hybridized carbons (Fsp3) is 0.429. The molecule has 6 heteroatoms. The number of ether oxygens (including phenoxy) is 2. The van der Waals surface area contributed by atoms with Gasteiger partial charge >= 0.3 is 0 Å². The van der Waals surface area contributed by atoms with Crippen molar-refractivity contribution in [2.75, 3.05) is 27.3 Å². The zero-order chi connectivity index (χ0) is 15.0. The van der Waals surface area contributed by atoms with Crippen LogP contribution in [0.25, 0.3) is 0 Å². The third-order valence-corrected chi connectivity index (χ3v) is 2.63. The molecule has 0 atom stereocenters. The van der Waals surface area contributed by atoms with E-state index in [0.29, 0.717) is 23.6 Å². The molecule has 110 valence electrons. The molecule has 20 heavy (non-hydrogen) atoms. The number of hydrogen-bond donors (Lipinski definition) is 2. The molecule has 0 radical (unpaired) electrons. The van der Waals surface area contributed by atoms with Gasteiger partial charge < -0.3 is 20.1 Å². The Morgan fingerprint density at radius 2 is 1.90 bits per heavy atom. The second kappa shape index (κ2) is 8.04. The normalized spacial score (nSPS) is 9.75. The van der Waals surface area contributed by atoms with Crippen LogP contribution in [0.5, 0.6) is 11.5 Å². The molecule has 1 rings (SSSR count). The standard InChI is InChI=1S/C14H20N2O4/c1-4-7-15-13(17)9-16-14(18)11-8-10(19-2)5-6-12(11)20-3/h5-6,8H,4,7,9H2,1-3H3,(H,15,17)(H,16,18). The van der Waals surface area contributed by atoms with Crippen molar-refractivity contribution in [3.63, 3.8) is 0 Å². The van der Waals surface area contributed by atoms with Gasteiger partial charge in [-0.1, -0.05) is 6.92 Å². The van der Waals surface area contributed by atoms with Crippen LogP contribution in [0.1, 0.15) is 23.7 Å². The van der Waals surface area contributed by atoms with Gasteiger partial charge in [0.2, 0.25) is 5.91 Å². The predicted molar refractivity (Wildman–Crippen MR) is 75.2 cm³/mol. The molecule has 0 aliphatic heterocycles. The van der Waals surface area contributed by atoms with E-state index in [2.05, 4.69) is 10.6 Å². The van der Waals surface area contributed by atoms with E-state index in [0.717, 1.165) is 6.42 Å². The van der Waals surface area contributed by atoms with Crippen LogP contribution in [0.3, 0.4) is 0 Å². The molecule has 2 N–H and O–H groups in total. The van der Waals surface area contributed by atoms with Gasteiger partial charge in [0.25, 0.3) is 5.91 Å². The molecule has 1 aromatic rings. The quantitative estimate of drug-likeness (QED) is 0.780. The Morgan fingerprint density at radius 1 is 1.15 bits per heavy atom. The summed E-state index contributed by atoms with van der Waals surface area (Å²) in [5.41, 5.74) is 0.329. The summed E-state index contributed by atoms with van der Waals surface area (Å²) in [6.07, 6.45) is 0.851.